The second kappa shape index (κ2) is 7.29. The third kappa shape index (κ3) is 3.99. The van der Waals surface area contributed by atoms with Crippen molar-refractivity contribution >= 4 is 34.9 Å². The van der Waals surface area contributed by atoms with Gasteiger partial charge in [-0.15, -0.1) is 23.1 Å². The monoisotopic (exact) mass is 327 g/mol. The maximum Gasteiger partial charge on any atom is 0.242 e. The highest BCUT2D eigenvalue weighted by atomic mass is 32.2. The van der Waals surface area contributed by atoms with Gasteiger partial charge in [0.15, 0.2) is 0 Å². The Hall–Kier alpha value is -1.05. The average molecular weight is 327 g/mol. The molecule has 0 unspecified atom stereocenters. The van der Waals surface area contributed by atoms with Gasteiger partial charge in [0.1, 0.15) is 11.4 Å². The minimum atomic E-state index is -0.443. The lowest BCUT2D eigenvalue weighted by atomic mass is 10.2. The van der Waals surface area contributed by atoms with E-state index < -0.39 is 6.04 Å². The molecule has 5 nitrogen and oxygen atoms in total. The van der Waals surface area contributed by atoms with E-state index in [9.17, 15) is 9.59 Å². The van der Waals surface area contributed by atoms with Crippen molar-refractivity contribution in [3.8, 4) is 0 Å². The topological polar surface area (TPSA) is 52.7 Å². The summed E-state index contributed by atoms with van der Waals surface area (Å²) in [6, 6.07) is 3.55. The minimum Gasteiger partial charge on any atom is -0.353 e. The van der Waals surface area contributed by atoms with Crippen LogP contribution >= 0.6 is 23.1 Å². The molecule has 2 amide bonds. The lowest BCUT2D eigenvalue weighted by Gasteiger charge is -2.28. The van der Waals surface area contributed by atoms with E-state index in [1.807, 2.05) is 36.5 Å². The maximum absolute atomic E-state index is 12.2. The maximum atomic E-state index is 12.2. The summed E-state index contributed by atoms with van der Waals surface area (Å²) >= 11 is 3.21. The van der Waals surface area contributed by atoms with Crippen LogP contribution in [0.1, 0.15) is 17.2 Å². The van der Waals surface area contributed by atoms with Gasteiger partial charge in [0, 0.05) is 18.0 Å². The number of nitrogens with zero attached hydrogens (tertiary/aromatic N) is 2. The fraction of sp³-hybridized carbons (Fsp3) is 0.571. The highest BCUT2D eigenvalue weighted by Crippen LogP contribution is 2.41. The zero-order chi connectivity index (χ0) is 15.4. The molecule has 0 aliphatic carbocycles. The molecule has 1 aromatic heterocycles. The predicted molar refractivity (Wildman–Crippen MR) is 87.4 cm³/mol. The Morgan fingerprint density at radius 2 is 2.33 bits per heavy atom. The number of carbonyl (C=O) groups is 2. The molecule has 1 saturated heterocycles. The van der Waals surface area contributed by atoms with Crippen molar-refractivity contribution in [2.24, 2.45) is 0 Å². The summed E-state index contributed by atoms with van der Waals surface area (Å²) < 4.78 is 0. The quantitative estimate of drug-likeness (QED) is 0.858. The molecule has 0 bridgehead atoms. The predicted octanol–water partition coefficient (Wildman–Crippen LogP) is 1.39. The van der Waals surface area contributed by atoms with Crippen LogP contribution in [0.4, 0.5) is 0 Å². The zero-order valence-electron chi connectivity index (χ0n) is 12.5. The molecule has 2 heterocycles. The Bertz CT molecular complexity index is 490. The normalized spacial score (nSPS) is 20.1. The molecule has 1 N–H and O–H groups in total. The molecule has 1 fully saturated rings. The van der Waals surface area contributed by atoms with Crippen LogP contribution in [-0.2, 0) is 9.59 Å². The van der Waals surface area contributed by atoms with Crippen molar-refractivity contribution in [2.75, 3.05) is 32.9 Å². The fourth-order valence-corrected chi connectivity index (χ4v) is 4.41. The van der Waals surface area contributed by atoms with Crippen LogP contribution in [0.5, 0.6) is 0 Å². The van der Waals surface area contributed by atoms with E-state index in [1.165, 1.54) is 0 Å². The van der Waals surface area contributed by atoms with Gasteiger partial charge in [-0.05, 0) is 32.5 Å². The molecule has 116 valence electrons. The van der Waals surface area contributed by atoms with Gasteiger partial charge in [-0.3, -0.25) is 9.59 Å². The lowest BCUT2D eigenvalue weighted by Crippen LogP contribution is -2.47. The van der Waals surface area contributed by atoms with Crippen molar-refractivity contribution in [1.29, 1.82) is 0 Å². The molecule has 1 aliphatic rings. The van der Waals surface area contributed by atoms with Crippen LogP contribution in [0, 0.1) is 0 Å². The highest BCUT2D eigenvalue weighted by molar-refractivity contribution is 8.00. The third-order valence-electron chi connectivity index (χ3n) is 3.35. The molecule has 1 aromatic rings. The smallest absolute Gasteiger partial charge is 0.242 e. The molecule has 2 rings (SSSR count). The summed E-state index contributed by atoms with van der Waals surface area (Å²) in [5.41, 5.74) is 0. The summed E-state index contributed by atoms with van der Waals surface area (Å²) in [4.78, 5) is 29.2. The molecule has 0 radical (unpaired) electrons. The molecule has 21 heavy (non-hydrogen) atoms. The summed E-state index contributed by atoms with van der Waals surface area (Å²) in [6.45, 7) is 3.18. The van der Waals surface area contributed by atoms with E-state index in [1.54, 1.807) is 34.9 Å². The van der Waals surface area contributed by atoms with Crippen molar-refractivity contribution in [2.45, 2.75) is 18.3 Å². The van der Waals surface area contributed by atoms with Gasteiger partial charge >= 0.3 is 0 Å². The van der Waals surface area contributed by atoms with Crippen molar-refractivity contribution < 1.29 is 9.59 Å². The number of carbonyl (C=O) groups excluding carboxylic acids is 2. The second-order valence-electron chi connectivity index (χ2n) is 5.25. The standard InChI is InChI=1S/C14H21N3O2S2/c1-10(13(19)15-6-7-16(2)3)17-12(18)9-21-14(17)11-5-4-8-20-11/h4-5,8,10,14H,6-7,9H2,1-3H3,(H,15,19)/t10-,14-/m0/s1. The van der Waals surface area contributed by atoms with Crippen LogP contribution in [0.25, 0.3) is 0 Å². The van der Waals surface area contributed by atoms with Crippen LogP contribution in [0.15, 0.2) is 17.5 Å². The van der Waals surface area contributed by atoms with E-state index >= 15 is 0 Å². The van der Waals surface area contributed by atoms with Crippen LogP contribution in [0.3, 0.4) is 0 Å². The van der Waals surface area contributed by atoms with E-state index in [0.717, 1.165) is 11.4 Å². The third-order valence-corrected chi connectivity index (χ3v) is 5.63. The summed E-state index contributed by atoms with van der Waals surface area (Å²) in [5, 5.41) is 4.86. The van der Waals surface area contributed by atoms with Gasteiger partial charge in [0.25, 0.3) is 0 Å². The van der Waals surface area contributed by atoms with Gasteiger partial charge in [0.2, 0.25) is 11.8 Å². The molecular weight excluding hydrogens is 306 g/mol. The highest BCUT2D eigenvalue weighted by Gasteiger charge is 2.39. The molecule has 0 spiro atoms. The second-order valence-corrected chi connectivity index (χ2v) is 7.30. The number of nitrogens with one attached hydrogen (secondary N) is 1. The first-order chi connectivity index (χ1) is 10.0. The summed E-state index contributed by atoms with van der Waals surface area (Å²) in [6.07, 6.45) is 0. The lowest BCUT2D eigenvalue weighted by molar-refractivity contribution is -0.137. The molecule has 0 saturated carbocycles. The number of likely N-dealkylation sites (N-methyl/N-ethyl adjacent to an activating group) is 1. The molecule has 7 heteroatoms. The Labute approximate surface area is 133 Å². The average Bonchev–Trinajstić information content (AvgIpc) is 3.06. The van der Waals surface area contributed by atoms with Gasteiger partial charge in [0.05, 0.1) is 5.75 Å². The Morgan fingerprint density at radius 1 is 1.57 bits per heavy atom. The number of thioether (sulfide) groups is 1. The van der Waals surface area contributed by atoms with Crippen LogP contribution in [-0.4, -0.2) is 60.6 Å². The fourth-order valence-electron chi connectivity index (χ4n) is 2.18. The van der Waals surface area contributed by atoms with Crippen molar-refractivity contribution in [1.82, 2.24) is 15.1 Å². The Kier molecular flexibility index (Phi) is 5.66. The first-order valence-corrected chi connectivity index (χ1v) is 8.82. The first-order valence-electron chi connectivity index (χ1n) is 6.89. The van der Waals surface area contributed by atoms with Crippen LogP contribution in [0.2, 0.25) is 0 Å². The van der Waals surface area contributed by atoms with E-state index in [2.05, 4.69) is 5.32 Å². The number of rotatable bonds is 6. The number of hydrogen-bond acceptors (Lipinski definition) is 5. The molecular formula is C14H21N3O2S2. The summed E-state index contributed by atoms with van der Waals surface area (Å²) in [7, 11) is 3.92. The zero-order valence-corrected chi connectivity index (χ0v) is 14.2. The van der Waals surface area contributed by atoms with Crippen LogP contribution < -0.4 is 5.32 Å². The largest absolute Gasteiger partial charge is 0.353 e. The van der Waals surface area contributed by atoms with Gasteiger partial charge in [-0.2, -0.15) is 0 Å². The Balaban J connectivity index is 2.00. The summed E-state index contributed by atoms with van der Waals surface area (Å²) in [5.74, 6) is 0.389. The number of hydrogen-bond donors (Lipinski definition) is 1. The Morgan fingerprint density at radius 3 is 2.95 bits per heavy atom. The first kappa shape index (κ1) is 16.3. The van der Waals surface area contributed by atoms with E-state index in [-0.39, 0.29) is 17.2 Å². The van der Waals surface area contributed by atoms with Gasteiger partial charge in [-0.1, -0.05) is 6.07 Å². The molecule has 0 aromatic carbocycles. The SMILES string of the molecule is C[C@@H](C(=O)NCCN(C)C)N1C(=O)CS[C@H]1c1cccs1. The molecule has 1 aliphatic heterocycles. The van der Waals surface area contributed by atoms with Crippen molar-refractivity contribution in [3.63, 3.8) is 0 Å². The van der Waals surface area contributed by atoms with Gasteiger partial charge in [-0.25, -0.2) is 0 Å². The molecule has 2 atom stereocenters. The van der Waals surface area contributed by atoms with Gasteiger partial charge < -0.3 is 15.1 Å². The number of thiophene rings is 1. The van der Waals surface area contributed by atoms with E-state index in [0.29, 0.717) is 12.3 Å². The van der Waals surface area contributed by atoms with Crippen molar-refractivity contribution in [3.05, 3.63) is 22.4 Å². The minimum absolute atomic E-state index is 0.0351. The van der Waals surface area contributed by atoms with E-state index in [4.69, 9.17) is 0 Å². The number of amides is 2.